The van der Waals surface area contributed by atoms with Gasteiger partial charge in [0, 0.05) is 25.6 Å². The van der Waals surface area contributed by atoms with Crippen LogP contribution in [0.1, 0.15) is 31.4 Å². The van der Waals surface area contributed by atoms with Gasteiger partial charge in [0.15, 0.2) is 0 Å². The van der Waals surface area contributed by atoms with Crippen LogP contribution >= 0.6 is 0 Å². The van der Waals surface area contributed by atoms with E-state index in [1.165, 1.54) is 7.05 Å². The molecule has 1 aromatic rings. The Bertz CT molecular complexity index is 647. The van der Waals surface area contributed by atoms with Gasteiger partial charge in [-0.3, -0.25) is 14.4 Å². The van der Waals surface area contributed by atoms with Gasteiger partial charge in [0.1, 0.15) is 5.75 Å². The van der Waals surface area contributed by atoms with E-state index in [0.29, 0.717) is 25.1 Å². The van der Waals surface area contributed by atoms with Crippen molar-refractivity contribution in [2.75, 3.05) is 27.2 Å². The third-order valence-electron chi connectivity index (χ3n) is 4.54. The molecule has 7 nitrogen and oxygen atoms in total. The molecule has 1 heterocycles. The van der Waals surface area contributed by atoms with Crippen molar-refractivity contribution >= 4 is 17.7 Å². The minimum atomic E-state index is -0.432. The van der Waals surface area contributed by atoms with Crippen LogP contribution < -0.4 is 15.4 Å². The number of rotatable bonds is 6. The molecule has 0 aromatic heterocycles. The number of piperidine rings is 1. The third kappa shape index (κ3) is 4.10. The number of carbonyl (C=O) groups is 3. The first-order valence-corrected chi connectivity index (χ1v) is 8.44. The van der Waals surface area contributed by atoms with E-state index < -0.39 is 12.0 Å². The number of carbonyl (C=O) groups excluding carboxylic acids is 3. The van der Waals surface area contributed by atoms with Gasteiger partial charge < -0.3 is 20.3 Å². The Labute approximate surface area is 147 Å². The van der Waals surface area contributed by atoms with Crippen LogP contribution in [-0.4, -0.2) is 49.9 Å². The first-order chi connectivity index (χ1) is 12.0. The number of likely N-dealkylation sites (N-methyl/N-ethyl adjacent to an activating group) is 1. The predicted octanol–water partition coefficient (Wildman–Crippen LogP) is 0.857. The Morgan fingerprint density at radius 1 is 1.32 bits per heavy atom. The lowest BCUT2D eigenvalue weighted by Crippen LogP contribution is -2.49. The summed E-state index contributed by atoms with van der Waals surface area (Å²) in [6.45, 7) is 2.32. The summed E-state index contributed by atoms with van der Waals surface area (Å²) >= 11 is 0. The fraction of sp³-hybridized carbons (Fsp3) is 0.500. The quantitative estimate of drug-likeness (QED) is 0.799. The van der Waals surface area contributed by atoms with Crippen LogP contribution in [0.2, 0.25) is 0 Å². The van der Waals surface area contributed by atoms with Gasteiger partial charge in [0.25, 0.3) is 0 Å². The standard InChI is InChI=1S/C18H25N3O4/c1-4-21-16(23)10-9-13(18(24)20-11-15(22)19-2)17(21)12-7-5-6-8-14(12)25-3/h5-8,13,17H,4,9-11H2,1-3H3,(H,19,22)(H,20,24)/t13-,17+/m1/s1. The second-order valence-electron chi connectivity index (χ2n) is 5.90. The highest BCUT2D eigenvalue weighted by Crippen LogP contribution is 2.40. The Kier molecular flexibility index (Phi) is 6.38. The van der Waals surface area contributed by atoms with Crippen molar-refractivity contribution in [3.63, 3.8) is 0 Å². The van der Waals surface area contributed by atoms with Crippen molar-refractivity contribution in [2.45, 2.75) is 25.8 Å². The molecule has 136 valence electrons. The number of ether oxygens (including phenoxy) is 1. The number of amides is 3. The number of benzene rings is 1. The summed E-state index contributed by atoms with van der Waals surface area (Å²) in [5.74, 6) is -0.260. The zero-order valence-corrected chi connectivity index (χ0v) is 14.9. The van der Waals surface area contributed by atoms with E-state index in [2.05, 4.69) is 10.6 Å². The van der Waals surface area contributed by atoms with Gasteiger partial charge in [-0.2, -0.15) is 0 Å². The summed E-state index contributed by atoms with van der Waals surface area (Å²) in [5, 5.41) is 5.14. The Hall–Kier alpha value is -2.57. The molecule has 0 bridgehead atoms. The SMILES string of the molecule is CCN1C(=O)CC[C@@H](C(=O)NCC(=O)NC)[C@@H]1c1ccccc1OC. The van der Waals surface area contributed by atoms with E-state index in [1.54, 1.807) is 12.0 Å². The maximum Gasteiger partial charge on any atom is 0.239 e. The topological polar surface area (TPSA) is 87.7 Å². The third-order valence-corrected chi connectivity index (χ3v) is 4.54. The largest absolute Gasteiger partial charge is 0.496 e. The maximum absolute atomic E-state index is 12.7. The molecule has 7 heteroatoms. The fourth-order valence-electron chi connectivity index (χ4n) is 3.28. The molecule has 0 aliphatic carbocycles. The minimum absolute atomic E-state index is 0.0220. The molecule has 1 aromatic carbocycles. The van der Waals surface area contributed by atoms with E-state index in [9.17, 15) is 14.4 Å². The fourth-order valence-corrected chi connectivity index (χ4v) is 3.28. The van der Waals surface area contributed by atoms with Crippen molar-refractivity contribution in [1.82, 2.24) is 15.5 Å². The van der Waals surface area contributed by atoms with Crippen molar-refractivity contribution < 1.29 is 19.1 Å². The number of nitrogens with one attached hydrogen (secondary N) is 2. The molecule has 0 radical (unpaired) electrons. The molecule has 1 aliphatic rings. The first-order valence-electron chi connectivity index (χ1n) is 8.44. The smallest absolute Gasteiger partial charge is 0.239 e. The molecular formula is C18H25N3O4. The molecule has 0 saturated carbocycles. The summed E-state index contributed by atoms with van der Waals surface area (Å²) in [6, 6.07) is 7.01. The van der Waals surface area contributed by atoms with Crippen LogP contribution in [0.5, 0.6) is 5.75 Å². The van der Waals surface area contributed by atoms with E-state index in [0.717, 1.165) is 5.56 Å². The summed E-state index contributed by atoms with van der Waals surface area (Å²) in [5.41, 5.74) is 0.806. The number of methoxy groups -OCH3 is 1. The van der Waals surface area contributed by atoms with Crippen LogP contribution in [-0.2, 0) is 14.4 Å². The van der Waals surface area contributed by atoms with Gasteiger partial charge in [-0.05, 0) is 19.4 Å². The lowest BCUT2D eigenvalue weighted by molar-refractivity contribution is -0.143. The summed E-state index contributed by atoms with van der Waals surface area (Å²) in [4.78, 5) is 38.2. The molecule has 1 aliphatic heterocycles. The van der Waals surface area contributed by atoms with Gasteiger partial charge in [-0.1, -0.05) is 18.2 Å². The Morgan fingerprint density at radius 2 is 2.04 bits per heavy atom. The number of hydrogen-bond acceptors (Lipinski definition) is 4. The predicted molar refractivity (Wildman–Crippen MR) is 92.9 cm³/mol. The maximum atomic E-state index is 12.7. The highest BCUT2D eigenvalue weighted by molar-refractivity contribution is 5.88. The zero-order valence-electron chi connectivity index (χ0n) is 14.9. The highest BCUT2D eigenvalue weighted by atomic mass is 16.5. The lowest BCUT2D eigenvalue weighted by atomic mass is 9.83. The number of likely N-dealkylation sites (tertiary alicyclic amines) is 1. The molecule has 1 fully saturated rings. The van der Waals surface area contributed by atoms with E-state index in [4.69, 9.17) is 4.74 Å². The van der Waals surface area contributed by atoms with E-state index in [1.807, 2.05) is 31.2 Å². The summed E-state index contributed by atoms with van der Waals surface area (Å²) in [6.07, 6.45) is 0.759. The van der Waals surface area contributed by atoms with E-state index in [-0.39, 0.29) is 24.3 Å². The molecule has 1 saturated heterocycles. The minimum Gasteiger partial charge on any atom is -0.496 e. The first kappa shape index (κ1) is 18.8. The van der Waals surface area contributed by atoms with Crippen LogP contribution in [0.4, 0.5) is 0 Å². The normalized spacial score (nSPS) is 20.1. The van der Waals surface area contributed by atoms with Gasteiger partial charge in [0.05, 0.1) is 25.6 Å². The molecule has 25 heavy (non-hydrogen) atoms. The Morgan fingerprint density at radius 3 is 2.68 bits per heavy atom. The van der Waals surface area contributed by atoms with Crippen molar-refractivity contribution in [3.8, 4) is 5.75 Å². The molecule has 2 rings (SSSR count). The Balaban J connectivity index is 2.34. The lowest BCUT2D eigenvalue weighted by Gasteiger charge is -2.40. The van der Waals surface area contributed by atoms with Crippen molar-refractivity contribution in [2.24, 2.45) is 5.92 Å². The van der Waals surface area contributed by atoms with E-state index >= 15 is 0 Å². The molecule has 2 atom stereocenters. The molecule has 3 amide bonds. The van der Waals surface area contributed by atoms with Gasteiger partial charge in [0.2, 0.25) is 17.7 Å². The highest BCUT2D eigenvalue weighted by Gasteiger charge is 2.41. The second kappa shape index (κ2) is 8.50. The van der Waals surface area contributed by atoms with Crippen molar-refractivity contribution in [1.29, 1.82) is 0 Å². The van der Waals surface area contributed by atoms with Crippen LogP contribution in [0.25, 0.3) is 0 Å². The van der Waals surface area contributed by atoms with Gasteiger partial charge in [-0.25, -0.2) is 0 Å². The summed E-state index contributed by atoms with van der Waals surface area (Å²) < 4.78 is 5.44. The molecule has 0 spiro atoms. The van der Waals surface area contributed by atoms with Crippen molar-refractivity contribution in [3.05, 3.63) is 29.8 Å². The van der Waals surface area contributed by atoms with Crippen LogP contribution in [0, 0.1) is 5.92 Å². The zero-order chi connectivity index (χ0) is 18.4. The second-order valence-corrected chi connectivity index (χ2v) is 5.90. The number of nitrogens with zero attached hydrogens (tertiary/aromatic N) is 1. The van der Waals surface area contributed by atoms with Crippen LogP contribution in [0.3, 0.4) is 0 Å². The average Bonchev–Trinajstić information content (AvgIpc) is 2.65. The van der Waals surface area contributed by atoms with Gasteiger partial charge in [-0.15, -0.1) is 0 Å². The molecule has 0 unspecified atom stereocenters. The number of para-hydroxylation sites is 1. The average molecular weight is 347 g/mol. The summed E-state index contributed by atoms with van der Waals surface area (Å²) in [7, 11) is 3.09. The monoisotopic (exact) mass is 347 g/mol. The van der Waals surface area contributed by atoms with Crippen LogP contribution in [0.15, 0.2) is 24.3 Å². The molecule has 2 N–H and O–H groups in total. The number of hydrogen-bond donors (Lipinski definition) is 2. The van der Waals surface area contributed by atoms with Gasteiger partial charge >= 0.3 is 0 Å². The molecular weight excluding hydrogens is 322 g/mol.